The van der Waals surface area contributed by atoms with Crippen LogP contribution in [0.5, 0.6) is 0 Å². The highest BCUT2D eigenvalue weighted by molar-refractivity contribution is 6.39. The number of aliphatic imine (C=N–C) groups is 1. The summed E-state index contributed by atoms with van der Waals surface area (Å²) in [7, 11) is 2.09. The number of hydrogen-bond donors (Lipinski definition) is 1. The van der Waals surface area contributed by atoms with Gasteiger partial charge in [0, 0.05) is 55.3 Å². The molecule has 1 saturated heterocycles. The predicted octanol–water partition coefficient (Wildman–Crippen LogP) is 2.02. The van der Waals surface area contributed by atoms with Crippen LogP contribution in [0.15, 0.2) is 70.4 Å². The summed E-state index contributed by atoms with van der Waals surface area (Å²) in [6.45, 7) is 3.42. The van der Waals surface area contributed by atoms with Gasteiger partial charge in [-0.1, -0.05) is 36.4 Å². The number of hydrogen-bond acceptors (Lipinski definition) is 7. The number of amides is 2. The summed E-state index contributed by atoms with van der Waals surface area (Å²) in [5, 5.41) is 3.23. The lowest BCUT2D eigenvalue weighted by Crippen LogP contribution is -2.45. The van der Waals surface area contributed by atoms with E-state index in [1.165, 1.54) is 0 Å². The van der Waals surface area contributed by atoms with E-state index >= 15 is 0 Å². The molecule has 0 bridgehead atoms. The van der Waals surface area contributed by atoms with Crippen molar-refractivity contribution in [1.29, 1.82) is 0 Å². The van der Waals surface area contributed by atoms with Crippen LogP contribution in [0, 0.1) is 0 Å². The zero-order valence-corrected chi connectivity index (χ0v) is 18.2. The molecule has 0 radical (unpaired) electrons. The number of benzene rings is 1. The Bertz CT molecular complexity index is 1370. The van der Waals surface area contributed by atoms with Crippen molar-refractivity contribution in [2.45, 2.75) is 6.42 Å². The second kappa shape index (κ2) is 7.60. The van der Waals surface area contributed by atoms with Gasteiger partial charge >= 0.3 is 0 Å². The van der Waals surface area contributed by atoms with Crippen molar-refractivity contribution in [2.75, 3.05) is 38.1 Å². The van der Waals surface area contributed by atoms with Crippen molar-refractivity contribution in [3.8, 4) is 0 Å². The number of imide groups is 1. The summed E-state index contributed by atoms with van der Waals surface area (Å²) in [4.78, 5) is 44.7. The number of aromatic nitrogens is 2. The van der Waals surface area contributed by atoms with Crippen LogP contribution in [-0.2, 0) is 9.59 Å². The highest BCUT2D eigenvalue weighted by Gasteiger charge is 2.38. The number of anilines is 1. The number of carbonyl (C=O) groups is 2. The number of carbonyl (C=O) groups excluding carboxylic acids is 2. The van der Waals surface area contributed by atoms with E-state index in [1.807, 2.05) is 42.5 Å². The molecule has 4 heterocycles. The second-order valence-electron chi connectivity index (χ2n) is 8.54. The Labute approximate surface area is 190 Å². The first-order valence-electron chi connectivity index (χ1n) is 11.1. The Morgan fingerprint density at radius 3 is 2.58 bits per heavy atom. The average molecular weight is 438 g/mol. The first kappa shape index (κ1) is 19.8. The predicted molar refractivity (Wildman–Crippen MR) is 127 cm³/mol. The number of fused-ring (bicyclic) bond motifs is 2. The molecule has 3 aliphatic heterocycles. The molecular formula is C25H22N6O2. The number of nitrogens with zero attached hydrogens (tertiary/aromatic N) is 5. The van der Waals surface area contributed by atoms with E-state index in [1.54, 1.807) is 6.20 Å². The summed E-state index contributed by atoms with van der Waals surface area (Å²) in [5.41, 5.74) is 4.28. The van der Waals surface area contributed by atoms with Gasteiger partial charge in [0.1, 0.15) is 0 Å². The van der Waals surface area contributed by atoms with Crippen LogP contribution in [0.4, 0.5) is 5.95 Å². The van der Waals surface area contributed by atoms with Gasteiger partial charge in [0.25, 0.3) is 11.8 Å². The van der Waals surface area contributed by atoms with Crippen molar-refractivity contribution in [3.05, 3.63) is 71.1 Å². The van der Waals surface area contributed by atoms with Crippen molar-refractivity contribution in [2.24, 2.45) is 4.99 Å². The van der Waals surface area contributed by atoms with E-state index in [9.17, 15) is 9.59 Å². The molecule has 1 N–H and O–H groups in total. The summed E-state index contributed by atoms with van der Waals surface area (Å²) in [6, 6.07) is 7.62. The van der Waals surface area contributed by atoms with Gasteiger partial charge < -0.3 is 9.80 Å². The van der Waals surface area contributed by atoms with Crippen LogP contribution in [0.3, 0.4) is 0 Å². The van der Waals surface area contributed by atoms with Gasteiger partial charge in [0.2, 0.25) is 5.95 Å². The molecule has 1 aromatic heterocycles. The molecule has 1 aliphatic carbocycles. The number of allylic oxidation sites excluding steroid dienone is 4. The molecule has 8 heteroatoms. The lowest BCUT2D eigenvalue weighted by Gasteiger charge is -2.32. The molecule has 0 atom stereocenters. The zero-order chi connectivity index (χ0) is 22.5. The largest absolute Gasteiger partial charge is 0.338 e. The summed E-state index contributed by atoms with van der Waals surface area (Å²) < 4.78 is 0. The van der Waals surface area contributed by atoms with Crippen molar-refractivity contribution in [3.63, 3.8) is 0 Å². The van der Waals surface area contributed by atoms with Crippen LogP contribution in [0.25, 0.3) is 16.5 Å². The van der Waals surface area contributed by atoms with Gasteiger partial charge in [-0.05, 0) is 13.1 Å². The van der Waals surface area contributed by atoms with E-state index < -0.39 is 11.8 Å². The van der Waals surface area contributed by atoms with E-state index in [2.05, 4.69) is 27.2 Å². The van der Waals surface area contributed by atoms with Gasteiger partial charge in [-0.2, -0.15) is 0 Å². The summed E-state index contributed by atoms with van der Waals surface area (Å²) in [6.07, 6.45) is 8.30. The SMILES string of the molecule is CN1CCN(c2nc(C3=C(C4=CN=C5CC=CC=C45)C(=O)NC3=O)c3ccccc3n2)CC1. The third-order valence-electron chi connectivity index (χ3n) is 6.48. The molecule has 2 amide bonds. The highest BCUT2D eigenvalue weighted by Crippen LogP contribution is 2.38. The molecule has 1 aromatic carbocycles. The molecule has 33 heavy (non-hydrogen) atoms. The number of piperazine rings is 1. The molecule has 1 fully saturated rings. The molecule has 164 valence electrons. The van der Waals surface area contributed by atoms with Gasteiger partial charge in [-0.3, -0.25) is 19.9 Å². The normalized spacial score (nSPS) is 20.8. The number of nitrogens with one attached hydrogen (secondary N) is 1. The number of likely N-dealkylation sites (N-methyl/N-ethyl adjacent to an activating group) is 1. The standard InChI is InChI=1S/C25H22N6O2/c1-30-10-12-31(13-11-30)25-27-19-9-5-3-7-16(19)22(28-25)21-20(23(32)29-24(21)33)17-14-26-18-8-4-2-6-15(17)18/h2-7,9,14H,8,10-13H2,1H3,(H,29,32,33). The van der Waals surface area contributed by atoms with E-state index in [-0.39, 0.29) is 5.57 Å². The van der Waals surface area contributed by atoms with Gasteiger partial charge in [0.15, 0.2) is 0 Å². The Kier molecular flexibility index (Phi) is 4.55. The maximum Gasteiger partial charge on any atom is 0.261 e. The number of para-hydroxylation sites is 1. The first-order valence-corrected chi connectivity index (χ1v) is 11.1. The molecule has 0 spiro atoms. The Morgan fingerprint density at radius 1 is 0.939 bits per heavy atom. The third kappa shape index (κ3) is 3.22. The fourth-order valence-electron chi connectivity index (χ4n) is 4.67. The van der Waals surface area contributed by atoms with Crippen LogP contribution in [0.2, 0.25) is 0 Å². The van der Waals surface area contributed by atoms with Crippen molar-refractivity contribution >= 4 is 40.0 Å². The second-order valence-corrected chi connectivity index (χ2v) is 8.54. The fourth-order valence-corrected chi connectivity index (χ4v) is 4.67. The average Bonchev–Trinajstić information content (AvgIpc) is 3.38. The molecule has 6 rings (SSSR count). The van der Waals surface area contributed by atoms with Crippen molar-refractivity contribution < 1.29 is 9.59 Å². The monoisotopic (exact) mass is 438 g/mol. The minimum Gasteiger partial charge on any atom is -0.338 e. The van der Waals surface area contributed by atoms with Crippen LogP contribution >= 0.6 is 0 Å². The summed E-state index contributed by atoms with van der Waals surface area (Å²) >= 11 is 0. The lowest BCUT2D eigenvalue weighted by atomic mass is 9.89. The number of rotatable bonds is 3. The summed E-state index contributed by atoms with van der Waals surface area (Å²) in [5.74, 6) is -0.283. The Morgan fingerprint density at radius 2 is 1.73 bits per heavy atom. The zero-order valence-electron chi connectivity index (χ0n) is 18.2. The first-order chi connectivity index (χ1) is 16.1. The van der Waals surface area contributed by atoms with Crippen LogP contribution in [-0.4, -0.2) is 65.6 Å². The van der Waals surface area contributed by atoms with Crippen LogP contribution in [0.1, 0.15) is 12.1 Å². The Hall–Kier alpha value is -3.91. The highest BCUT2D eigenvalue weighted by atomic mass is 16.2. The molecule has 4 aliphatic rings. The minimum atomic E-state index is -0.440. The Balaban J connectivity index is 1.55. The molecular weight excluding hydrogens is 416 g/mol. The third-order valence-corrected chi connectivity index (χ3v) is 6.48. The van der Waals surface area contributed by atoms with Gasteiger partial charge in [-0.25, -0.2) is 9.97 Å². The lowest BCUT2D eigenvalue weighted by molar-refractivity contribution is -0.123. The van der Waals surface area contributed by atoms with Crippen LogP contribution < -0.4 is 10.2 Å². The smallest absolute Gasteiger partial charge is 0.261 e. The van der Waals surface area contributed by atoms with Gasteiger partial charge in [0.05, 0.1) is 28.1 Å². The molecule has 8 nitrogen and oxygen atoms in total. The topological polar surface area (TPSA) is 90.8 Å². The molecule has 0 saturated carbocycles. The molecule has 0 unspecified atom stereocenters. The maximum atomic E-state index is 13.1. The van der Waals surface area contributed by atoms with E-state index in [4.69, 9.17) is 9.97 Å². The van der Waals surface area contributed by atoms with E-state index in [0.717, 1.165) is 48.4 Å². The minimum absolute atomic E-state index is 0.284. The van der Waals surface area contributed by atoms with E-state index in [0.29, 0.717) is 29.2 Å². The quantitative estimate of drug-likeness (QED) is 0.738. The maximum absolute atomic E-state index is 13.1. The molecule has 2 aromatic rings. The fraction of sp³-hybridized carbons (Fsp3) is 0.240. The van der Waals surface area contributed by atoms with Crippen molar-refractivity contribution in [1.82, 2.24) is 20.2 Å². The van der Waals surface area contributed by atoms with Gasteiger partial charge in [-0.15, -0.1) is 0 Å².